The summed E-state index contributed by atoms with van der Waals surface area (Å²) in [6.07, 6.45) is -2.04. The molecule has 0 saturated heterocycles. The first-order valence-electron chi connectivity index (χ1n) is 9.90. The summed E-state index contributed by atoms with van der Waals surface area (Å²) >= 11 is 1.33. The van der Waals surface area contributed by atoms with Crippen LogP contribution in [0, 0.1) is 0 Å². The minimum atomic E-state index is -4.36. The second-order valence-corrected chi connectivity index (χ2v) is 7.93. The molecule has 0 spiro atoms. The first kappa shape index (κ1) is 22.9. The molecule has 1 unspecified atom stereocenters. The highest BCUT2D eigenvalue weighted by atomic mass is 32.2. The van der Waals surface area contributed by atoms with Crippen LogP contribution in [0.5, 0.6) is 5.75 Å². The lowest BCUT2D eigenvalue weighted by Gasteiger charge is -2.16. The molecule has 3 aromatic rings. The van der Waals surface area contributed by atoms with Crippen molar-refractivity contribution >= 4 is 11.8 Å². The Hall–Kier alpha value is -2.74. The van der Waals surface area contributed by atoms with Gasteiger partial charge in [0, 0.05) is 12.3 Å². The lowest BCUT2D eigenvalue weighted by Crippen LogP contribution is -2.12. The Morgan fingerprint density at radius 2 is 1.87 bits per heavy atom. The van der Waals surface area contributed by atoms with Crippen molar-refractivity contribution in [1.82, 2.24) is 14.8 Å². The monoisotopic (exact) mass is 447 g/mol. The van der Waals surface area contributed by atoms with E-state index in [1.165, 1.54) is 23.4 Å². The Labute approximate surface area is 184 Å². The first-order valence-corrected chi connectivity index (χ1v) is 10.9. The molecule has 0 fully saturated rings. The molecule has 1 aromatic heterocycles. The minimum Gasteiger partial charge on any atom is -0.483 e. The quantitative estimate of drug-likeness (QED) is 0.278. The Morgan fingerprint density at radius 1 is 1.13 bits per heavy atom. The fourth-order valence-corrected chi connectivity index (χ4v) is 3.95. The third-order valence-corrected chi connectivity index (χ3v) is 5.73. The van der Waals surface area contributed by atoms with Crippen LogP contribution in [0.1, 0.15) is 42.5 Å². The van der Waals surface area contributed by atoms with Gasteiger partial charge in [0.05, 0.1) is 5.56 Å². The summed E-state index contributed by atoms with van der Waals surface area (Å²) in [7, 11) is 0. The van der Waals surface area contributed by atoms with E-state index >= 15 is 0 Å². The summed E-state index contributed by atoms with van der Waals surface area (Å²) < 4.78 is 46.7. The van der Waals surface area contributed by atoms with Gasteiger partial charge in [0.15, 0.2) is 17.1 Å². The van der Waals surface area contributed by atoms with E-state index in [4.69, 9.17) is 4.74 Å². The van der Waals surface area contributed by atoms with Gasteiger partial charge in [0.25, 0.3) is 0 Å². The molecule has 2 aromatic carbocycles. The molecule has 0 saturated carbocycles. The molecule has 0 bridgehead atoms. The number of hydrogen-bond acceptors (Lipinski definition) is 4. The van der Waals surface area contributed by atoms with Gasteiger partial charge in [-0.2, -0.15) is 13.2 Å². The maximum Gasteiger partial charge on any atom is 0.416 e. The second kappa shape index (κ2) is 10.0. The average Bonchev–Trinajstić information content (AvgIpc) is 3.15. The van der Waals surface area contributed by atoms with E-state index in [1.54, 1.807) is 12.1 Å². The highest BCUT2D eigenvalue weighted by molar-refractivity contribution is 7.98. The number of alkyl halides is 3. The second-order valence-electron chi connectivity index (χ2n) is 6.98. The molecular weight excluding hydrogens is 423 g/mol. The number of aromatic nitrogens is 3. The topological polar surface area (TPSA) is 39.9 Å². The third kappa shape index (κ3) is 5.91. The zero-order chi connectivity index (χ0) is 22.4. The van der Waals surface area contributed by atoms with Gasteiger partial charge in [-0.25, -0.2) is 0 Å². The molecule has 4 nitrogen and oxygen atoms in total. The van der Waals surface area contributed by atoms with Crippen LogP contribution in [-0.2, 0) is 24.9 Å². The van der Waals surface area contributed by atoms with Crippen molar-refractivity contribution in [2.75, 3.05) is 0 Å². The van der Waals surface area contributed by atoms with E-state index in [0.29, 0.717) is 28.8 Å². The highest BCUT2D eigenvalue weighted by Crippen LogP contribution is 2.31. The molecule has 0 aliphatic rings. The van der Waals surface area contributed by atoms with Crippen molar-refractivity contribution in [3.63, 3.8) is 0 Å². The normalized spacial score (nSPS) is 12.5. The van der Waals surface area contributed by atoms with Crippen LogP contribution in [0.15, 0.2) is 66.3 Å². The number of hydrogen-bond donors (Lipinski definition) is 0. The van der Waals surface area contributed by atoms with Crippen molar-refractivity contribution in [3.8, 4) is 5.75 Å². The molecule has 0 aliphatic heterocycles. The SMILES string of the molecule is C=CCn1c(SCc2cccc(C(F)(F)F)c2)nnc1C(C)Oc1ccc(CC)cc1. The van der Waals surface area contributed by atoms with Crippen LogP contribution >= 0.6 is 11.8 Å². The summed E-state index contributed by atoms with van der Waals surface area (Å²) in [6.45, 7) is 8.23. The molecule has 0 aliphatic carbocycles. The van der Waals surface area contributed by atoms with E-state index in [9.17, 15) is 13.2 Å². The van der Waals surface area contributed by atoms with Crippen LogP contribution in [0.2, 0.25) is 0 Å². The van der Waals surface area contributed by atoms with E-state index in [-0.39, 0.29) is 6.10 Å². The predicted molar refractivity (Wildman–Crippen MR) is 116 cm³/mol. The highest BCUT2D eigenvalue weighted by Gasteiger charge is 2.30. The Balaban J connectivity index is 1.74. The van der Waals surface area contributed by atoms with Crippen LogP contribution in [-0.4, -0.2) is 14.8 Å². The van der Waals surface area contributed by atoms with Crippen LogP contribution < -0.4 is 4.74 Å². The predicted octanol–water partition coefficient (Wildman–Crippen LogP) is 6.48. The average molecular weight is 448 g/mol. The maximum atomic E-state index is 13.0. The Morgan fingerprint density at radius 3 is 2.52 bits per heavy atom. The van der Waals surface area contributed by atoms with Crippen molar-refractivity contribution in [2.24, 2.45) is 0 Å². The number of allylic oxidation sites excluding steroid dienone is 1. The van der Waals surface area contributed by atoms with Gasteiger partial charge in [0.1, 0.15) is 5.75 Å². The van der Waals surface area contributed by atoms with Gasteiger partial charge in [-0.15, -0.1) is 16.8 Å². The van der Waals surface area contributed by atoms with Crippen molar-refractivity contribution in [3.05, 3.63) is 83.7 Å². The number of thioether (sulfide) groups is 1. The summed E-state index contributed by atoms with van der Waals surface area (Å²) in [5.74, 6) is 1.70. The fraction of sp³-hybridized carbons (Fsp3) is 0.304. The Kier molecular flexibility index (Phi) is 7.43. The smallest absolute Gasteiger partial charge is 0.416 e. The first-order chi connectivity index (χ1) is 14.8. The third-order valence-electron chi connectivity index (χ3n) is 4.69. The van der Waals surface area contributed by atoms with Gasteiger partial charge in [0.2, 0.25) is 0 Å². The number of ether oxygens (including phenoxy) is 1. The van der Waals surface area contributed by atoms with E-state index in [0.717, 1.165) is 24.3 Å². The van der Waals surface area contributed by atoms with Crippen molar-refractivity contribution < 1.29 is 17.9 Å². The molecule has 0 radical (unpaired) electrons. The lowest BCUT2D eigenvalue weighted by atomic mass is 10.1. The molecule has 1 heterocycles. The molecular formula is C23H24F3N3OS. The number of benzene rings is 2. The molecule has 31 heavy (non-hydrogen) atoms. The largest absolute Gasteiger partial charge is 0.483 e. The minimum absolute atomic E-state index is 0.340. The number of rotatable bonds is 9. The van der Waals surface area contributed by atoms with Crippen molar-refractivity contribution in [2.45, 2.75) is 50.0 Å². The van der Waals surface area contributed by atoms with E-state index < -0.39 is 11.7 Å². The van der Waals surface area contributed by atoms with Crippen molar-refractivity contribution in [1.29, 1.82) is 0 Å². The van der Waals surface area contributed by atoms with Crippen LogP contribution in [0.25, 0.3) is 0 Å². The molecule has 1 atom stereocenters. The summed E-state index contributed by atoms with van der Waals surface area (Å²) in [5.41, 5.74) is 1.13. The van der Waals surface area contributed by atoms with Crippen LogP contribution in [0.3, 0.4) is 0 Å². The molecule has 0 amide bonds. The van der Waals surface area contributed by atoms with Gasteiger partial charge < -0.3 is 4.74 Å². The van der Waals surface area contributed by atoms with Gasteiger partial charge in [-0.1, -0.05) is 55.1 Å². The van der Waals surface area contributed by atoms with E-state index in [1.807, 2.05) is 35.8 Å². The lowest BCUT2D eigenvalue weighted by molar-refractivity contribution is -0.137. The molecule has 0 N–H and O–H groups in total. The molecule has 164 valence electrons. The summed E-state index contributed by atoms with van der Waals surface area (Å²) in [6, 6.07) is 13.2. The summed E-state index contributed by atoms with van der Waals surface area (Å²) in [4.78, 5) is 0. The van der Waals surface area contributed by atoms with Gasteiger partial charge in [-0.05, 0) is 42.7 Å². The van der Waals surface area contributed by atoms with Gasteiger partial charge >= 0.3 is 6.18 Å². The fourth-order valence-electron chi connectivity index (χ4n) is 3.05. The standard InChI is InChI=1S/C23H24F3N3OS/c1-4-13-29-21(16(3)30-20-11-9-17(5-2)10-12-20)27-28-22(29)31-15-18-7-6-8-19(14-18)23(24,25)26/h4,6-12,14,16H,1,5,13,15H2,2-3H3. The number of aryl methyl sites for hydroxylation is 1. The van der Waals surface area contributed by atoms with Gasteiger partial charge in [-0.3, -0.25) is 4.57 Å². The maximum absolute atomic E-state index is 13.0. The number of nitrogens with zero attached hydrogens (tertiary/aromatic N) is 3. The Bertz CT molecular complexity index is 1020. The zero-order valence-corrected chi connectivity index (χ0v) is 18.2. The zero-order valence-electron chi connectivity index (χ0n) is 17.4. The molecule has 8 heteroatoms. The summed E-state index contributed by atoms with van der Waals surface area (Å²) in [5, 5.41) is 9.11. The molecule has 3 rings (SSSR count). The van der Waals surface area contributed by atoms with E-state index in [2.05, 4.69) is 23.7 Å². The van der Waals surface area contributed by atoms with Crippen LogP contribution in [0.4, 0.5) is 13.2 Å². The number of halogens is 3.